The third kappa shape index (κ3) is 0.897. The molecular formula is C8H12N2. The van der Waals surface area contributed by atoms with E-state index in [2.05, 4.69) is 28.6 Å². The van der Waals surface area contributed by atoms with Crippen LogP contribution in [0.2, 0.25) is 0 Å². The molecule has 2 nitrogen and oxygen atoms in total. The predicted octanol–water partition coefficient (Wildman–Crippen LogP) is 1.04. The van der Waals surface area contributed by atoms with Crippen LogP contribution in [0, 0.1) is 0 Å². The van der Waals surface area contributed by atoms with Crippen LogP contribution in [0.15, 0.2) is 24.2 Å². The lowest BCUT2D eigenvalue weighted by Crippen LogP contribution is -2.36. The minimum Gasteiger partial charge on any atom is -0.372 e. The van der Waals surface area contributed by atoms with Gasteiger partial charge in [0.05, 0.1) is 0 Å². The lowest BCUT2D eigenvalue weighted by Gasteiger charge is -2.31. The van der Waals surface area contributed by atoms with Gasteiger partial charge in [-0.2, -0.15) is 0 Å². The molecular weight excluding hydrogens is 124 g/mol. The fourth-order valence-corrected chi connectivity index (χ4v) is 1.40. The summed E-state index contributed by atoms with van der Waals surface area (Å²) >= 11 is 0. The van der Waals surface area contributed by atoms with E-state index in [0.29, 0.717) is 0 Å². The second-order valence-electron chi connectivity index (χ2n) is 2.68. The van der Waals surface area contributed by atoms with Gasteiger partial charge in [0.2, 0.25) is 0 Å². The summed E-state index contributed by atoms with van der Waals surface area (Å²) in [5.41, 5.74) is 0. The first-order chi connectivity index (χ1) is 4.97. The number of hydrogen-bond donors (Lipinski definition) is 1. The third-order valence-corrected chi connectivity index (χ3v) is 1.92. The summed E-state index contributed by atoms with van der Waals surface area (Å²) in [7, 11) is 0. The van der Waals surface area contributed by atoms with E-state index in [0.717, 1.165) is 13.0 Å². The van der Waals surface area contributed by atoms with Crippen LogP contribution >= 0.6 is 0 Å². The standard InChI is InChI=1S/C8H12N2/c1-2-6-10-7-3-5-9-8(10)4-1/h2,4,6,9H,1,3,5,7H2. The fraction of sp³-hybridized carbons (Fsp3) is 0.500. The Balaban J connectivity index is 2.13. The van der Waals surface area contributed by atoms with Crippen LogP contribution in [0.3, 0.4) is 0 Å². The van der Waals surface area contributed by atoms with Gasteiger partial charge in [0.15, 0.2) is 0 Å². The van der Waals surface area contributed by atoms with Crippen molar-refractivity contribution < 1.29 is 0 Å². The van der Waals surface area contributed by atoms with Gasteiger partial charge in [0.25, 0.3) is 0 Å². The van der Waals surface area contributed by atoms with Crippen LogP contribution in [-0.4, -0.2) is 18.0 Å². The highest BCUT2D eigenvalue weighted by atomic mass is 15.2. The maximum absolute atomic E-state index is 3.36. The maximum Gasteiger partial charge on any atom is 0.101 e. The zero-order valence-corrected chi connectivity index (χ0v) is 6.01. The average Bonchev–Trinajstić information content (AvgIpc) is 2.05. The van der Waals surface area contributed by atoms with Crippen molar-refractivity contribution in [1.29, 1.82) is 0 Å². The highest BCUT2D eigenvalue weighted by molar-refractivity contribution is 5.12. The lowest BCUT2D eigenvalue weighted by atomic mass is 10.2. The summed E-state index contributed by atoms with van der Waals surface area (Å²) in [4.78, 5) is 2.27. The molecule has 0 aromatic carbocycles. The van der Waals surface area contributed by atoms with E-state index in [1.54, 1.807) is 0 Å². The summed E-state index contributed by atoms with van der Waals surface area (Å²) in [5.74, 6) is 1.30. The monoisotopic (exact) mass is 136 g/mol. The molecule has 54 valence electrons. The molecule has 1 saturated heterocycles. The molecule has 0 bridgehead atoms. The fourth-order valence-electron chi connectivity index (χ4n) is 1.40. The van der Waals surface area contributed by atoms with Crippen LogP contribution in [0.5, 0.6) is 0 Å². The van der Waals surface area contributed by atoms with Gasteiger partial charge in [0, 0.05) is 19.3 Å². The number of rotatable bonds is 0. The second-order valence-corrected chi connectivity index (χ2v) is 2.68. The molecule has 1 N–H and O–H groups in total. The lowest BCUT2D eigenvalue weighted by molar-refractivity contribution is 0.361. The van der Waals surface area contributed by atoms with E-state index >= 15 is 0 Å². The molecule has 0 saturated carbocycles. The Bertz CT molecular complexity index is 182. The molecule has 0 aromatic heterocycles. The topological polar surface area (TPSA) is 15.3 Å². The molecule has 2 aliphatic rings. The molecule has 10 heavy (non-hydrogen) atoms. The van der Waals surface area contributed by atoms with E-state index in [4.69, 9.17) is 0 Å². The van der Waals surface area contributed by atoms with Crippen molar-refractivity contribution in [2.45, 2.75) is 12.8 Å². The Morgan fingerprint density at radius 3 is 3.40 bits per heavy atom. The van der Waals surface area contributed by atoms with Crippen LogP contribution in [0.4, 0.5) is 0 Å². The van der Waals surface area contributed by atoms with Gasteiger partial charge in [-0.05, 0) is 18.9 Å². The van der Waals surface area contributed by atoms with E-state index < -0.39 is 0 Å². The Morgan fingerprint density at radius 1 is 1.50 bits per heavy atom. The molecule has 2 rings (SSSR count). The van der Waals surface area contributed by atoms with Gasteiger partial charge < -0.3 is 10.2 Å². The predicted molar refractivity (Wildman–Crippen MR) is 41.2 cm³/mol. The number of fused-ring (bicyclic) bond motifs is 1. The van der Waals surface area contributed by atoms with Crippen molar-refractivity contribution in [1.82, 2.24) is 10.2 Å². The minimum absolute atomic E-state index is 1.08. The Kier molecular flexibility index (Phi) is 1.38. The Hall–Kier alpha value is -0.920. The molecule has 2 heterocycles. The van der Waals surface area contributed by atoms with Crippen molar-refractivity contribution in [3.8, 4) is 0 Å². The SMILES string of the molecule is C1=CN2CCCNC2=CC1. The number of nitrogens with zero attached hydrogens (tertiary/aromatic N) is 1. The number of hydrogen-bond acceptors (Lipinski definition) is 2. The molecule has 2 heteroatoms. The molecule has 1 fully saturated rings. The van der Waals surface area contributed by atoms with Gasteiger partial charge in [-0.3, -0.25) is 0 Å². The maximum atomic E-state index is 3.36. The highest BCUT2D eigenvalue weighted by Crippen LogP contribution is 2.13. The molecule has 0 aromatic rings. The third-order valence-electron chi connectivity index (χ3n) is 1.92. The minimum atomic E-state index is 1.08. The first kappa shape index (κ1) is 5.83. The van der Waals surface area contributed by atoms with Crippen molar-refractivity contribution in [3.63, 3.8) is 0 Å². The number of allylic oxidation sites excluding steroid dienone is 2. The zero-order valence-electron chi connectivity index (χ0n) is 6.01. The van der Waals surface area contributed by atoms with E-state index in [-0.39, 0.29) is 0 Å². The van der Waals surface area contributed by atoms with Gasteiger partial charge in [-0.1, -0.05) is 6.08 Å². The molecule has 0 radical (unpaired) electrons. The van der Waals surface area contributed by atoms with Gasteiger partial charge in [-0.15, -0.1) is 0 Å². The van der Waals surface area contributed by atoms with Crippen molar-refractivity contribution in [2.75, 3.05) is 13.1 Å². The molecule has 0 atom stereocenters. The normalized spacial score (nSPS) is 23.2. The first-order valence-corrected chi connectivity index (χ1v) is 3.84. The zero-order chi connectivity index (χ0) is 6.81. The molecule has 2 aliphatic heterocycles. The number of nitrogens with one attached hydrogen (secondary N) is 1. The largest absolute Gasteiger partial charge is 0.372 e. The van der Waals surface area contributed by atoms with E-state index in [1.807, 2.05) is 0 Å². The molecule has 0 spiro atoms. The summed E-state index contributed by atoms with van der Waals surface area (Å²) < 4.78 is 0. The van der Waals surface area contributed by atoms with Crippen molar-refractivity contribution >= 4 is 0 Å². The summed E-state index contributed by atoms with van der Waals surface area (Å²) in [5, 5.41) is 3.36. The molecule has 0 unspecified atom stereocenters. The molecule has 0 amide bonds. The van der Waals surface area contributed by atoms with Gasteiger partial charge >= 0.3 is 0 Å². The smallest absolute Gasteiger partial charge is 0.101 e. The van der Waals surface area contributed by atoms with Crippen molar-refractivity contribution in [2.24, 2.45) is 0 Å². The second kappa shape index (κ2) is 2.37. The molecule has 0 aliphatic carbocycles. The van der Waals surface area contributed by atoms with Crippen LogP contribution in [-0.2, 0) is 0 Å². The van der Waals surface area contributed by atoms with Gasteiger partial charge in [-0.25, -0.2) is 0 Å². The summed E-state index contributed by atoms with van der Waals surface area (Å²) in [6, 6.07) is 0. The Labute approximate surface area is 61.2 Å². The summed E-state index contributed by atoms with van der Waals surface area (Å²) in [6.07, 6.45) is 8.93. The van der Waals surface area contributed by atoms with Gasteiger partial charge in [0.1, 0.15) is 5.82 Å². The highest BCUT2D eigenvalue weighted by Gasteiger charge is 2.12. The van der Waals surface area contributed by atoms with E-state index in [1.165, 1.54) is 18.8 Å². The van der Waals surface area contributed by atoms with Crippen LogP contribution < -0.4 is 5.32 Å². The van der Waals surface area contributed by atoms with Crippen LogP contribution in [0.1, 0.15) is 12.8 Å². The van der Waals surface area contributed by atoms with E-state index in [9.17, 15) is 0 Å². The van der Waals surface area contributed by atoms with Crippen molar-refractivity contribution in [3.05, 3.63) is 24.2 Å². The quantitative estimate of drug-likeness (QED) is 0.535. The average molecular weight is 136 g/mol. The summed E-state index contributed by atoms with van der Waals surface area (Å²) in [6.45, 7) is 2.31. The van der Waals surface area contributed by atoms with Crippen LogP contribution in [0.25, 0.3) is 0 Å². The first-order valence-electron chi connectivity index (χ1n) is 3.84. The Morgan fingerprint density at radius 2 is 2.50 bits per heavy atom.